The quantitative estimate of drug-likeness (QED) is 0.611. The fourth-order valence-corrected chi connectivity index (χ4v) is 3.45. The van der Waals surface area contributed by atoms with Gasteiger partial charge < -0.3 is 19.7 Å². The fraction of sp³-hybridized carbons (Fsp3) is 0.130. The lowest BCUT2D eigenvalue weighted by Gasteiger charge is -2.29. The lowest BCUT2D eigenvalue weighted by molar-refractivity contribution is -0.121. The van der Waals surface area contributed by atoms with E-state index in [1.54, 1.807) is 18.2 Å². The topological polar surface area (TPSA) is 67.9 Å². The van der Waals surface area contributed by atoms with Crippen molar-refractivity contribution in [1.82, 2.24) is 0 Å². The zero-order valence-corrected chi connectivity index (χ0v) is 17.1. The zero-order chi connectivity index (χ0) is 21.8. The second-order valence-electron chi connectivity index (χ2n) is 6.73. The van der Waals surface area contributed by atoms with Gasteiger partial charge in [0.25, 0.3) is 11.8 Å². The fourth-order valence-electron chi connectivity index (χ4n) is 3.20. The van der Waals surface area contributed by atoms with E-state index < -0.39 is 11.7 Å². The van der Waals surface area contributed by atoms with Crippen LogP contribution in [0.25, 0.3) is 0 Å². The molecule has 0 aliphatic carbocycles. The number of halogens is 2. The van der Waals surface area contributed by atoms with Crippen LogP contribution in [-0.4, -0.2) is 31.6 Å². The van der Waals surface area contributed by atoms with Crippen molar-refractivity contribution in [2.45, 2.75) is 0 Å². The highest BCUT2D eigenvalue weighted by atomic mass is 35.5. The van der Waals surface area contributed by atoms with Gasteiger partial charge in [0.15, 0.2) is 6.61 Å². The number of hydrogen-bond acceptors (Lipinski definition) is 4. The first-order chi connectivity index (χ1) is 15.0. The van der Waals surface area contributed by atoms with Gasteiger partial charge in [0, 0.05) is 5.69 Å². The normalized spacial score (nSPS) is 12.7. The first-order valence-corrected chi connectivity index (χ1v) is 9.91. The minimum Gasteiger partial charge on any atom is -0.492 e. The molecule has 0 saturated carbocycles. The molecular weight excluding hydrogens is 423 g/mol. The molecule has 0 fully saturated rings. The maximum atomic E-state index is 14.0. The smallest absolute Gasteiger partial charge is 0.265 e. The Morgan fingerprint density at radius 3 is 2.71 bits per heavy atom. The van der Waals surface area contributed by atoms with Crippen LogP contribution in [0.15, 0.2) is 66.7 Å². The van der Waals surface area contributed by atoms with Crippen molar-refractivity contribution in [2.24, 2.45) is 0 Å². The van der Waals surface area contributed by atoms with E-state index in [0.717, 1.165) is 6.07 Å². The monoisotopic (exact) mass is 440 g/mol. The summed E-state index contributed by atoms with van der Waals surface area (Å²) in [5.74, 6) is -0.441. The number of nitrogens with zero attached hydrogens (tertiary/aromatic N) is 1. The van der Waals surface area contributed by atoms with Gasteiger partial charge in [0.1, 0.15) is 23.9 Å². The molecule has 1 aliphatic rings. The van der Waals surface area contributed by atoms with Crippen LogP contribution in [0.3, 0.4) is 0 Å². The molecule has 1 N–H and O–H groups in total. The summed E-state index contributed by atoms with van der Waals surface area (Å²) >= 11 is 5.97. The van der Waals surface area contributed by atoms with Crippen LogP contribution in [0.2, 0.25) is 5.02 Å². The van der Waals surface area contributed by atoms with Gasteiger partial charge in [-0.15, -0.1) is 0 Å². The third kappa shape index (κ3) is 4.62. The molecule has 2 amide bonds. The number of carbonyl (C=O) groups is 2. The molecule has 6 nitrogen and oxygen atoms in total. The van der Waals surface area contributed by atoms with Crippen LogP contribution in [0, 0.1) is 5.82 Å². The zero-order valence-electron chi connectivity index (χ0n) is 16.3. The van der Waals surface area contributed by atoms with E-state index in [1.807, 2.05) is 30.3 Å². The Hall–Kier alpha value is -3.58. The molecule has 158 valence electrons. The number of benzene rings is 3. The van der Waals surface area contributed by atoms with E-state index in [-0.39, 0.29) is 29.7 Å². The van der Waals surface area contributed by atoms with Gasteiger partial charge in [-0.05, 0) is 42.5 Å². The molecule has 3 aromatic rings. The second kappa shape index (κ2) is 9.06. The summed E-state index contributed by atoms with van der Waals surface area (Å²) in [6.45, 7) is 0.478. The largest absolute Gasteiger partial charge is 0.492 e. The van der Waals surface area contributed by atoms with Gasteiger partial charge in [-0.3, -0.25) is 9.59 Å². The molecule has 0 saturated heterocycles. The Balaban J connectivity index is 1.51. The van der Waals surface area contributed by atoms with Crippen LogP contribution in [0.5, 0.6) is 11.5 Å². The molecule has 3 aromatic carbocycles. The summed E-state index contributed by atoms with van der Waals surface area (Å²) in [4.78, 5) is 26.5. The van der Waals surface area contributed by atoms with Crippen LogP contribution in [-0.2, 0) is 4.79 Å². The highest BCUT2D eigenvalue weighted by molar-refractivity contribution is 6.34. The first-order valence-electron chi connectivity index (χ1n) is 9.53. The molecule has 0 aromatic heterocycles. The highest BCUT2D eigenvalue weighted by Crippen LogP contribution is 2.35. The van der Waals surface area contributed by atoms with Gasteiger partial charge in [-0.25, -0.2) is 4.39 Å². The molecular formula is C23H18ClFN2O4. The number of para-hydroxylation sites is 1. The molecule has 1 heterocycles. The van der Waals surface area contributed by atoms with Crippen molar-refractivity contribution >= 4 is 34.8 Å². The first kappa shape index (κ1) is 20.7. The molecule has 1 aliphatic heterocycles. The SMILES string of the molecule is O=C(Nc1ccc2c(c1)N(CCOc1ccccc1)C(=O)CO2)c1c(F)cccc1Cl. The number of nitrogens with one attached hydrogen (secondary N) is 1. The van der Waals surface area contributed by atoms with E-state index in [2.05, 4.69) is 5.32 Å². The number of amides is 2. The Labute approximate surface area is 183 Å². The maximum absolute atomic E-state index is 14.0. The van der Waals surface area contributed by atoms with E-state index in [1.165, 1.54) is 17.0 Å². The lowest BCUT2D eigenvalue weighted by atomic mass is 10.1. The minimum atomic E-state index is -0.721. The van der Waals surface area contributed by atoms with Gasteiger partial charge in [0.2, 0.25) is 0 Å². The Morgan fingerprint density at radius 2 is 1.94 bits per heavy atom. The van der Waals surface area contributed by atoms with Crippen molar-refractivity contribution in [3.63, 3.8) is 0 Å². The second-order valence-corrected chi connectivity index (χ2v) is 7.14. The molecule has 4 rings (SSSR count). The van der Waals surface area contributed by atoms with Gasteiger partial charge >= 0.3 is 0 Å². The summed E-state index contributed by atoms with van der Waals surface area (Å²) < 4.78 is 25.2. The minimum absolute atomic E-state index is 0.00802. The number of anilines is 2. The molecule has 0 spiro atoms. The maximum Gasteiger partial charge on any atom is 0.265 e. The van der Waals surface area contributed by atoms with Crippen molar-refractivity contribution in [1.29, 1.82) is 0 Å². The molecule has 0 bridgehead atoms. The van der Waals surface area contributed by atoms with E-state index in [0.29, 0.717) is 29.4 Å². The summed E-state index contributed by atoms with van der Waals surface area (Å²) in [7, 11) is 0. The summed E-state index contributed by atoms with van der Waals surface area (Å²) in [6.07, 6.45) is 0. The van der Waals surface area contributed by atoms with Crippen LogP contribution < -0.4 is 19.7 Å². The summed E-state index contributed by atoms with van der Waals surface area (Å²) in [5, 5.41) is 2.63. The molecule has 0 unspecified atom stereocenters. The Morgan fingerprint density at radius 1 is 1.13 bits per heavy atom. The molecule has 0 atom stereocenters. The Kier molecular flexibility index (Phi) is 6.04. The lowest BCUT2D eigenvalue weighted by Crippen LogP contribution is -2.41. The molecule has 8 heteroatoms. The van der Waals surface area contributed by atoms with Crippen molar-refractivity contribution < 1.29 is 23.5 Å². The van der Waals surface area contributed by atoms with E-state index >= 15 is 0 Å². The number of ether oxygens (including phenoxy) is 2. The summed E-state index contributed by atoms with van der Waals surface area (Å²) in [6, 6.07) is 18.1. The van der Waals surface area contributed by atoms with Crippen LogP contribution in [0.4, 0.5) is 15.8 Å². The highest BCUT2D eigenvalue weighted by Gasteiger charge is 2.26. The van der Waals surface area contributed by atoms with Crippen molar-refractivity contribution in [3.8, 4) is 11.5 Å². The van der Waals surface area contributed by atoms with E-state index in [9.17, 15) is 14.0 Å². The van der Waals surface area contributed by atoms with Gasteiger partial charge in [0.05, 0.1) is 22.8 Å². The predicted octanol–water partition coefficient (Wildman–Crippen LogP) is 4.54. The Bertz CT molecular complexity index is 1100. The van der Waals surface area contributed by atoms with Crippen molar-refractivity contribution in [3.05, 3.63) is 83.1 Å². The predicted molar refractivity (Wildman–Crippen MR) is 116 cm³/mol. The number of hydrogen-bond donors (Lipinski definition) is 1. The summed E-state index contributed by atoms with van der Waals surface area (Å²) in [5.41, 5.74) is 0.614. The van der Waals surface area contributed by atoms with Gasteiger partial charge in [-0.2, -0.15) is 0 Å². The molecule has 31 heavy (non-hydrogen) atoms. The number of carbonyl (C=O) groups excluding carboxylic acids is 2. The third-order valence-corrected chi connectivity index (χ3v) is 4.99. The van der Waals surface area contributed by atoms with Crippen molar-refractivity contribution in [2.75, 3.05) is 30.0 Å². The molecule has 0 radical (unpaired) electrons. The standard InChI is InChI=1S/C23H18ClFN2O4/c24-17-7-4-8-18(25)22(17)23(29)26-15-9-10-20-19(13-15)27(21(28)14-31-20)11-12-30-16-5-2-1-3-6-16/h1-10,13H,11-12,14H2,(H,26,29). The number of rotatable bonds is 6. The average Bonchev–Trinajstić information content (AvgIpc) is 2.76. The van der Waals surface area contributed by atoms with E-state index in [4.69, 9.17) is 21.1 Å². The van der Waals surface area contributed by atoms with Crippen LogP contribution in [0.1, 0.15) is 10.4 Å². The van der Waals surface area contributed by atoms with Gasteiger partial charge in [-0.1, -0.05) is 35.9 Å². The average molecular weight is 441 g/mol. The number of fused-ring (bicyclic) bond motifs is 1. The third-order valence-electron chi connectivity index (χ3n) is 4.68. The van der Waals surface area contributed by atoms with Crippen LogP contribution >= 0.6 is 11.6 Å².